The van der Waals surface area contributed by atoms with Crippen molar-refractivity contribution in [3.63, 3.8) is 0 Å². The molecule has 1 aliphatic carbocycles. The molecular weight excluding hydrogens is 308 g/mol. The summed E-state index contributed by atoms with van der Waals surface area (Å²) in [6.07, 6.45) is 2.25. The summed E-state index contributed by atoms with van der Waals surface area (Å²) in [5.41, 5.74) is 6.78. The number of hydrogen-bond acceptors (Lipinski definition) is 4. The Morgan fingerprint density at radius 1 is 1.26 bits per heavy atom. The highest BCUT2D eigenvalue weighted by molar-refractivity contribution is 9.10. The van der Waals surface area contributed by atoms with Crippen LogP contribution in [0.25, 0.3) is 0 Å². The molecule has 1 fully saturated rings. The zero-order valence-electron chi connectivity index (χ0n) is 10.5. The van der Waals surface area contributed by atoms with Crippen molar-refractivity contribution in [3.05, 3.63) is 28.2 Å². The fourth-order valence-corrected chi connectivity index (χ4v) is 3.66. The minimum Gasteiger partial charge on any atom is -0.493 e. The topological polar surface area (TPSA) is 56.8 Å². The molecule has 4 rings (SSSR count). The molecule has 0 aromatic heterocycles. The Hall–Kier alpha value is -1.07. The molecule has 100 valence electrons. The molecule has 1 unspecified atom stereocenters. The Balaban J connectivity index is 1.96. The standard InChI is InChI=1S/C14H15BrN2O2/c15-9-1-2-11-10(5-9)14(8-18-6-12(16)17-14)13(3-4-13)7-19-11/h1-2,5H,3-4,6-8H2,(H2,16,17). The van der Waals surface area contributed by atoms with Gasteiger partial charge in [0.05, 0.1) is 13.2 Å². The van der Waals surface area contributed by atoms with Gasteiger partial charge >= 0.3 is 0 Å². The van der Waals surface area contributed by atoms with Crippen LogP contribution in [0.5, 0.6) is 5.75 Å². The van der Waals surface area contributed by atoms with Crippen LogP contribution in [-0.4, -0.2) is 25.7 Å². The van der Waals surface area contributed by atoms with Gasteiger partial charge in [0.2, 0.25) is 0 Å². The van der Waals surface area contributed by atoms with Gasteiger partial charge in [-0.05, 0) is 31.0 Å². The summed E-state index contributed by atoms with van der Waals surface area (Å²) in [5.74, 6) is 1.49. The number of halogens is 1. The SMILES string of the molecule is NC1=NC2(COC1)c1cc(Br)ccc1OCC21CC1. The molecule has 0 saturated heterocycles. The first kappa shape index (κ1) is 11.7. The molecule has 2 aliphatic heterocycles. The van der Waals surface area contributed by atoms with E-state index >= 15 is 0 Å². The van der Waals surface area contributed by atoms with Crippen molar-refractivity contribution in [2.24, 2.45) is 16.1 Å². The van der Waals surface area contributed by atoms with E-state index < -0.39 is 0 Å². The molecule has 0 amide bonds. The molecule has 3 aliphatic rings. The lowest BCUT2D eigenvalue weighted by atomic mass is 9.74. The van der Waals surface area contributed by atoms with E-state index in [0.29, 0.717) is 25.7 Å². The minimum absolute atomic E-state index is 0.0752. The Morgan fingerprint density at radius 2 is 2.11 bits per heavy atom. The Bertz CT molecular complexity index is 583. The molecule has 2 spiro atoms. The van der Waals surface area contributed by atoms with Crippen LogP contribution in [-0.2, 0) is 10.3 Å². The molecule has 4 nitrogen and oxygen atoms in total. The predicted molar refractivity (Wildman–Crippen MR) is 75.4 cm³/mol. The van der Waals surface area contributed by atoms with Gasteiger partial charge in [-0.25, -0.2) is 0 Å². The van der Waals surface area contributed by atoms with Gasteiger partial charge in [-0.15, -0.1) is 0 Å². The molecule has 1 saturated carbocycles. The second kappa shape index (κ2) is 3.73. The molecule has 0 radical (unpaired) electrons. The zero-order chi connectivity index (χ0) is 13.1. The summed E-state index contributed by atoms with van der Waals surface area (Å²) >= 11 is 3.54. The van der Waals surface area contributed by atoms with Crippen molar-refractivity contribution < 1.29 is 9.47 Å². The highest BCUT2D eigenvalue weighted by atomic mass is 79.9. The van der Waals surface area contributed by atoms with Crippen molar-refractivity contribution in [1.82, 2.24) is 0 Å². The minimum atomic E-state index is -0.354. The average molecular weight is 323 g/mol. The molecule has 0 bridgehead atoms. The quantitative estimate of drug-likeness (QED) is 0.796. The van der Waals surface area contributed by atoms with Crippen LogP contribution in [0.4, 0.5) is 0 Å². The lowest BCUT2D eigenvalue weighted by Crippen LogP contribution is -2.50. The number of nitrogens with zero attached hydrogens (tertiary/aromatic N) is 1. The normalized spacial score (nSPS) is 30.7. The molecule has 1 atom stereocenters. The third-order valence-corrected chi connectivity index (χ3v) is 5.01. The third kappa shape index (κ3) is 1.51. The molecule has 1 aromatic rings. The Kier molecular flexibility index (Phi) is 2.30. The number of hydrogen-bond donors (Lipinski definition) is 1. The van der Waals surface area contributed by atoms with E-state index in [-0.39, 0.29) is 11.0 Å². The Labute approximate surface area is 120 Å². The predicted octanol–water partition coefficient (Wildman–Crippen LogP) is 2.20. The van der Waals surface area contributed by atoms with Crippen LogP contribution in [0.1, 0.15) is 18.4 Å². The van der Waals surface area contributed by atoms with E-state index in [1.165, 1.54) is 0 Å². The monoisotopic (exact) mass is 322 g/mol. The van der Waals surface area contributed by atoms with Gasteiger partial charge in [-0.2, -0.15) is 0 Å². The van der Waals surface area contributed by atoms with Gasteiger partial charge in [0.15, 0.2) is 0 Å². The summed E-state index contributed by atoms with van der Waals surface area (Å²) < 4.78 is 12.7. The van der Waals surface area contributed by atoms with Crippen LogP contribution >= 0.6 is 15.9 Å². The second-order valence-corrected chi connectivity index (χ2v) is 6.58. The van der Waals surface area contributed by atoms with Gasteiger partial charge in [0.25, 0.3) is 0 Å². The molecule has 5 heteroatoms. The van der Waals surface area contributed by atoms with Crippen LogP contribution in [0.3, 0.4) is 0 Å². The van der Waals surface area contributed by atoms with E-state index in [0.717, 1.165) is 28.6 Å². The van der Waals surface area contributed by atoms with Gasteiger partial charge in [-0.1, -0.05) is 15.9 Å². The summed E-state index contributed by atoms with van der Waals surface area (Å²) in [5, 5.41) is 0. The number of fused-ring (bicyclic) bond motifs is 3. The molecule has 19 heavy (non-hydrogen) atoms. The number of amidine groups is 1. The molecular formula is C14H15BrN2O2. The maximum absolute atomic E-state index is 5.96. The highest BCUT2D eigenvalue weighted by Gasteiger charge is 2.64. The third-order valence-electron chi connectivity index (χ3n) is 4.52. The zero-order valence-corrected chi connectivity index (χ0v) is 12.1. The number of ether oxygens (including phenoxy) is 2. The van der Waals surface area contributed by atoms with Crippen molar-refractivity contribution in [3.8, 4) is 5.75 Å². The largest absolute Gasteiger partial charge is 0.493 e. The Morgan fingerprint density at radius 3 is 2.84 bits per heavy atom. The molecule has 2 N–H and O–H groups in total. The van der Waals surface area contributed by atoms with Crippen molar-refractivity contribution in [1.29, 1.82) is 0 Å². The van der Waals surface area contributed by atoms with Gasteiger partial charge in [-0.3, -0.25) is 4.99 Å². The summed E-state index contributed by atoms with van der Waals surface area (Å²) in [7, 11) is 0. The van der Waals surface area contributed by atoms with Crippen LogP contribution in [0.15, 0.2) is 27.7 Å². The second-order valence-electron chi connectivity index (χ2n) is 5.67. The van der Waals surface area contributed by atoms with E-state index in [1.807, 2.05) is 12.1 Å². The average Bonchev–Trinajstić information content (AvgIpc) is 3.17. The first-order chi connectivity index (χ1) is 9.15. The maximum Gasteiger partial charge on any atom is 0.125 e. The summed E-state index contributed by atoms with van der Waals surface area (Å²) in [6.45, 7) is 1.74. The van der Waals surface area contributed by atoms with E-state index in [1.54, 1.807) is 0 Å². The van der Waals surface area contributed by atoms with Gasteiger partial charge in [0.1, 0.15) is 23.7 Å². The number of rotatable bonds is 0. The molecule has 1 aromatic carbocycles. The van der Waals surface area contributed by atoms with Crippen LogP contribution < -0.4 is 10.5 Å². The molecule has 2 heterocycles. The van der Waals surface area contributed by atoms with Crippen LogP contribution in [0, 0.1) is 5.41 Å². The van der Waals surface area contributed by atoms with Crippen molar-refractivity contribution in [2.75, 3.05) is 19.8 Å². The summed E-state index contributed by atoms with van der Waals surface area (Å²) in [6, 6.07) is 6.09. The first-order valence-corrected chi connectivity index (χ1v) is 7.29. The van der Waals surface area contributed by atoms with Gasteiger partial charge < -0.3 is 15.2 Å². The fourth-order valence-electron chi connectivity index (χ4n) is 3.30. The number of benzene rings is 1. The number of aliphatic imine (C=N–C) groups is 1. The lowest BCUT2D eigenvalue weighted by Gasteiger charge is -2.44. The smallest absolute Gasteiger partial charge is 0.125 e. The van der Waals surface area contributed by atoms with Crippen molar-refractivity contribution in [2.45, 2.75) is 18.4 Å². The van der Waals surface area contributed by atoms with Crippen molar-refractivity contribution >= 4 is 21.8 Å². The maximum atomic E-state index is 5.96. The van der Waals surface area contributed by atoms with E-state index in [2.05, 4.69) is 22.0 Å². The lowest BCUT2D eigenvalue weighted by molar-refractivity contribution is 0.0183. The van der Waals surface area contributed by atoms with Gasteiger partial charge in [0, 0.05) is 15.5 Å². The summed E-state index contributed by atoms with van der Waals surface area (Å²) in [4.78, 5) is 4.84. The first-order valence-electron chi connectivity index (χ1n) is 6.50. The fraction of sp³-hybridized carbons (Fsp3) is 0.500. The number of nitrogens with two attached hydrogens (primary N) is 1. The van der Waals surface area contributed by atoms with E-state index in [4.69, 9.17) is 20.2 Å². The highest BCUT2D eigenvalue weighted by Crippen LogP contribution is 2.64. The van der Waals surface area contributed by atoms with Crippen LogP contribution in [0.2, 0.25) is 0 Å². The van der Waals surface area contributed by atoms with E-state index in [9.17, 15) is 0 Å².